The van der Waals surface area contributed by atoms with Gasteiger partial charge in [0, 0.05) is 9.92 Å². The lowest BCUT2D eigenvalue weighted by atomic mass is 10.1. The van der Waals surface area contributed by atoms with Crippen LogP contribution >= 0.6 is 23.4 Å². The van der Waals surface area contributed by atoms with Gasteiger partial charge in [-0.3, -0.25) is 14.5 Å². The summed E-state index contributed by atoms with van der Waals surface area (Å²) in [6.07, 6.45) is 0. The minimum Gasteiger partial charge on any atom is -0.480 e. The molecule has 0 radical (unpaired) electrons. The lowest BCUT2D eigenvalue weighted by molar-refractivity contribution is -0.136. The minimum atomic E-state index is -1.05. The van der Waals surface area contributed by atoms with Crippen molar-refractivity contribution in [3.05, 3.63) is 59.1 Å². The van der Waals surface area contributed by atoms with Crippen LogP contribution in [-0.2, 0) is 9.59 Å². The average Bonchev–Trinajstić information content (AvgIpc) is 2.50. The van der Waals surface area contributed by atoms with E-state index >= 15 is 0 Å². The van der Waals surface area contributed by atoms with E-state index in [1.54, 1.807) is 30.3 Å². The lowest BCUT2D eigenvalue weighted by Crippen LogP contribution is -2.40. The van der Waals surface area contributed by atoms with Crippen molar-refractivity contribution in [2.45, 2.75) is 10.1 Å². The van der Waals surface area contributed by atoms with Gasteiger partial charge in [-0.25, -0.2) is 0 Å². The number of carbonyl (C=O) groups excluding carboxylic acids is 1. The summed E-state index contributed by atoms with van der Waals surface area (Å²) in [5, 5.41) is 9.06. The van der Waals surface area contributed by atoms with E-state index in [2.05, 4.69) is 0 Å². The Labute approximate surface area is 136 Å². The van der Waals surface area contributed by atoms with Crippen molar-refractivity contribution >= 4 is 40.9 Å². The van der Waals surface area contributed by atoms with Gasteiger partial charge in [-0.2, -0.15) is 0 Å². The molecule has 2 aromatic carbocycles. The highest BCUT2D eigenvalue weighted by Gasteiger charge is 2.36. The second kappa shape index (κ2) is 6.02. The predicted molar refractivity (Wildman–Crippen MR) is 86.5 cm³/mol. The molecular formula is C16H12ClNO3S. The summed E-state index contributed by atoms with van der Waals surface area (Å²) in [6, 6.07) is 14.4. The van der Waals surface area contributed by atoms with Gasteiger partial charge in [-0.15, -0.1) is 11.8 Å². The summed E-state index contributed by atoms with van der Waals surface area (Å²) < 4.78 is 0. The number of thioether (sulfide) groups is 1. The number of hydrogen-bond donors (Lipinski definition) is 1. The summed E-state index contributed by atoms with van der Waals surface area (Å²) in [5.74, 6) is -1.31. The summed E-state index contributed by atoms with van der Waals surface area (Å²) in [6.45, 7) is -0.364. The number of carbonyl (C=O) groups is 2. The predicted octanol–water partition coefficient (Wildman–Crippen LogP) is 3.60. The zero-order valence-electron chi connectivity index (χ0n) is 11.4. The van der Waals surface area contributed by atoms with Crippen molar-refractivity contribution in [1.82, 2.24) is 0 Å². The number of carboxylic acid groups (broad SMARTS) is 1. The van der Waals surface area contributed by atoms with Crippen LogP contribution in [0.3, 0.4) is 0 Å². The Bertz CT molecular complexity index is 750. The van der Waals surface area contributed by atoms with Gasteiger partial charge in [0.25, 0.3) is 0 Å². The van der Waals surface area contributed by atoms with E-state index in [0.717, 1.165) is 4.90 Å². The first-order valence-electron chi connectivity index (χ1n) is 6.61. The van der Waals surface area contributed by atoms with Crippen molar-refractivity contribution in [3.8, 4) is 0 Å². The molecule has 0 aliphatic carbocycles. The highest BCUT2D eigenvalue weighted by atomic mass is 35.5. The van der Waals surface area contributed by atoms with Crippen LogP contribution in [0, 0.1) is 0 Å². The fourth-order valence-corrected chi connectivity index (χ4v) is 3.98. The first-order chi connectivity index (χ1) is 10.6. The molecule has 22 heavy (non-hydrogen) atoms. The van der Waals surface area contributed by atoms with Gasteiger partial charge in [0.05, 0.1) is 5.69 Å². The number of fused-ring (bicyclic) bond motifs is 1. The molecule has 0 aromatic heterocycles. The zero-order chi connectivity index (χ0) is 15.7. The summed E-state index contributed by atoms with van der Waals surface area (Å²) in [7, 11) is 0. The first-order valence-corrected chi connectivity index (χ1v) is 7.87. The molecule has 1 N–H and O–H groups in total. The molecule has 1 heterocycles. The molecule has 2 aromatic rings. The van der Waals surface area contributed by atoms with Crippen LogP contribution in [-0.4, -0.2) is 23.5 Å². The molecule has 4 nitrogen and oxygen atoms in total. The number of anilines is 1. The van der Waals surface area contributed by atoms with Crippen LogP contribution in [0.2, 0.25) is 5.02 Å². The summed E-state index contributed by atoms with van der Waals surface area (Å²) >= 11 is 7.60. The van der Waals surface area contributed by atoms with E-state index < -0.39 is 11.2 Å². The van der Waals surface area contributed by atoms with Crippen LogP contribution in [0.1, 0.15) is 10.8 Å². The molecule has 1 aliphatic rings. The maximum atomic E-state index is 12.8. The maximum Gasteiger partial charge on any atom is 0.323 e. The smallest absolute Gasteiger partial charge is 0.323 e. The lowest BCUT2D eigenvalue weighted by Gasteiger charge is -2.33. The fraction of sp³-hybridized carbons (Fsp3) is 0.125. The molecule has 1 aliphatic heterocycles. The molecule has 6 heteroatoms. The number of rotatable bonds is 3. The standard InChI is InChI=1S/C16H12ClNO3S/c17-11-6-2-1-5-10(11)15-16(21)18(9-14(19)20)12-7-3-4-8-13(12)22-15/h1-8,15H,9H2,(H,19,20). The molecule has 0 saturated carbocycles. The van der Waals surface area contributed by atoms with Gasteiger partial charge in [-0.05, 0) is 23.8 Å². The number of benzene rings is 2. The molecule has 0 spiro atoms. The van der Waals surface area contributed by atoms with Gasteiger partial charge < -0.3 is 5.11 Å². The second-order valence-electron chi connectivity index (χ2n) is 4.81. The van der Waals surface area contributed by atoms with Crippen LogP contribution in [0.5, 0.6) is 0 Å². The summed E-state index contributed by atoms with van der Waals surface area (Å²) in [4.78, 5) is 26.0. The van der Waals surface area contributed by atoms with Gasteiger partial charge in [0.2, 0.25) is 5.91 Å². The maximum absolute atomic E-state index is 12.8. The van der Waals surface area contributed by atoms with Crippen LogP contribution in [0.25, 0.3) is 0 Å². The molecule has 1 amide bonds. The van der Waals surface area contributed by atoms with Gasteiger partial charge in [0.15, 0.2) is 0 Å². The Balaban J connectivity index is 2.07. The third kappa shape index (κ3) is 2.69. The van der Waals surface area contributed by atoms with Crippen molar-refractivity contribution in [1.29, 1.82) is 0 Å². The van der Waals surface area contributed by atoms with Crippen molar-refractivity contribution in [3.63, 3.8) is 0 Å². The SMILES string of the molecule is O=C(O)CN1C(=O)C(c2ccccc2Cl)Sc2ccccc21. The molecule has 0 saturated heterocycles. The highest BCUT2D eigenvalue weighted by molar-refractivity contribution is 8.00. The number of carboxylic acids is 1. The third-order valence-electron chi connectivity index (χ3n) is 3.37. The van der Waals surface area contributed by atoms with E-state index in [1.807, 2.05) is 18.2 Å². The van der Waals surface area contributed by atoms with E-state index in [9.17, 15) is 9.59 Å². The number of halogens is 1. The third-order valence-corrected chi connectivity index (χ3v) is 5.01. The number of aliphatic carboxylic acids is 1. The Morgan fingerprint density at radius 1 is 1.18 bits per heavy atom. The Morgan fingerprint density at radius 2 is 1.86 bits per heavy atom. The van der Waals surface area contributed by atoms with Crippen molar-refractivity contribution < 1.29 is 14.7 Å². The van der Waals surface area contributed by atoms with E-state index in [4.69, 9.17) is 16.7 Å². The molecular weight excluding hydrogens is 322 g/mol. The molecule has 3 rings (SSSR count). The van der Waals surface area contributed by atoms with E-state index in [0.29, 0.717) is 16.3 Å². The zero-order valence-corrected chi connectivity index (χ0v) is 13.0. The van der Waals surface area contributed by atoms with Crippen LogP contribution in [0.4, 0.5) is 5.69 Å². The molecule has 0 bridgehead atoms. The average molecular weight is 334 g/mol. The first kappa shape index (κ1) is 14.9. The Hall–Kier alpha value is -1.98. The molecule has 0 fully saturated rings. The van der Waals surface area contributed by atoms with Crippen molar-refractivity contribution in [2.24, 2.45) is 0 Å². The number of nitrogens with zero attached hydrogens (tertiary/aromatic N) is 1. The van der Waals surface area contributed by atoms with Gasteiger partial charge >= 0.3 is 5.97 Å². The van der Waals surface area contributed by atoms with Crippen LogP contribution in [0.15, 0.2) is 53.4 Å². The molecule has 1 atom stereocenters. The second-order valence-corrected chi connectivity index (χ2v) is 6.36. The fourth-order valence-electron chi connectivity index (χ4n) is 2.40. The monoisotopic (exact) mass is 333 g/mol. The van der Waals surface area contributed by atoms with Gasteiger partial charge in [-0.1, -0.05) is 41.9 Å². The van der Waals surface area contributed by atoms with Crippen LogP contribution < -0.4 is 4.90 Å². The molecule has 1 unspecified atom stereocenters. The van der Waals surface area contributed by atoms with E-state index in [1.165, 1.54) is 16.7 Å². The Morgan fingerprint density at radius 3 is 2.59 bits per heavy atom. The topological polar surface area (TPSA) is 57.6 Å². The summed E-state index contributed by atoms with van der Waals surface area (Å²) in [5.41, 5.74) is 1.33. The number of hydrogen-bond acceptors (Lipinski definition) is 3. The number of amides is 1. The van der Waals surface area contributed by atoms with Gasteiger partial charge in [0.1, 0.15) is 11.8 Å². The minimum absolute atomic E-state index is 0.265. The Kier molecular flexibility index (Phi) is 4.09. The van der Waals surface area contributed by atoms with E-state index in [-0.39, 0.29) is 12.5 Å². The quantitative estimate of drug-likeness (QED) is 0.932. The number of para-hydroxylation sites is 1. The largest absolute Gasteiger partial charge is 0.480 e. The van der Waals surface area contributed by atoms with Crippen molar-refractivity contribution in [2.75, 3.05) is 11.4 Å². The normalized spacial score (nSPS) is 17.2. The molecule has 112 valence electrons. The highest BCUT2D eigenvalue weighted by Crippen LogP contribution is 2.47.